The largest absolute Gasteiger partial charge is 0.460 e. The maximum atomic E-state index is 12.7. The van der Waals surface area contributed by atoms with Crippen LogP contribution in [-0.2, 0) is 4.57 Å². The average molecular weight is 400 g/mol. The summed E-state index contributed by atoms with van der Waals surface area (Å²) in [7, 11) is -7.67. The van der Waals surface area contributed by atoms with Gasteiger partial charge in [0.25, 0.3) is 0 Å². The molecule has 140 valence electrons. The molecule has 0 aromatic rings. The van der Waals surface area contributed by atoms with Gasteiger partial charge in [-0.15, -0.1) is 0 Å². The van der Waals surface area contributed by atoms with Crippen LogP contribution in [0.3, 0.4) is 0 Å². The molecule has 0 aromatic heterocycles. The van der Waals surface area contributed by atoms with Crippen molar-refractivity contribution in [1.29, 1.82) is 0 Å². The van der Waals surface area contributed by atoms with Crippen LogP contribution in [0.5, 0.6) is 0 Å². The summed E-state index contributed by atoms with van der Waals surface area (Å²) in [6.45, 7) is 0. The van der Waals surface area contributed by atoms with Crippen molar-refractivity contribution in [3.8, 4) is 0 Å². The zero-order valence-corrected chi connectivity index (χ0v) is 10.6. The zero-order chi connectivity index (χ0) is 19.5. The van der Waals surface area contributed by atoms with Crippen LogP contribution in [0.1, 0.15) is 0 Å². The number of hydrogen-bond acceptors (Lipinski definition) is 1. The second-order valence-electron chi connectivity index (χ2n) is 3.88. The van der Waals surface area contributed by atoms with Crippen molar-refractivity contribution in [3.05, 3.63) is 0 Å². The van der Waals surface area contributed by atoms with E-state index in [-0.39, 0.29) is 0 Å². The third-order valence-electron chi connectivity index (χ3n) is 2.28. The van der Waals surface area contributed by atoms with E-state index >= 15 is 0 Å². The second-order valence-corrected chi connectivity index (χ2v) is 5.53. The Balaban J connectivity index is 6.43. The molecule has 0 aliphatic heterocycles. The first-order valence-corrected chi connectivity index (χ1v) is 6.13. The molecule has 0 radical (unpaired) electrons. The van der Waals surface area contributed by atoms with Crippen LogP contribution in [0.15, 0.2) is 0 Å². The first-order valence-electron chi connectivity index (χ1n) is 4.51. The van der Waals surface area contributed by atoms with Gasteiger partial charge >= 0.3 is 43.1 Å². The van der Waals surface area contributed by atoms with Crippen LogP contribution in [0.25, 0.3) is 0 Å². The van der Waals surface area contributed by atoms with E-state index in [1.54, 1.807) is 0 Å². The maximum absolute atomic E-state index is 12.7. The molecule has 0 saturated heterocycles. The average Bonchev–Trinajstić information content (AvgIpc) is 2.24. The molecule has 0 atom stereocenters. The van der Waals surface area contributed by atoms with Crippen LogP contribution in [0.4, 0.5) is 57.1 Å². The summed E-state index contributed by atoms with van der Waals surface area (Å²) in [5, 5.41) is 0. The lowest BCUT2D eigenvalue weighted by Crippen LogP contribution is -2.69. The Morgan fingerprint density at radius 1 is 0.522 bits per heavy atom. The molecule has 0 saturated carbocycles. The highest BCUT2D eigenvalue weighted by molar-refractivity contribution is 7.53. The van der Waals surface area contributed by atoms with Crippen molar-refractivity contribution in [1.82, 2.24) is 0 Å². The molecular weight excluding hydrogens is 398 g/mol. The van der Waals surface area contributed by atoms with E-state index in [0.717, 1.165) is 0 Å². The van der Waals surface area contributed by atoms with Gasteiger partial charge in [-0.05, 0) is 0 Å². The van der Waals surface area contributed by atoms with Gasteiger partial charge in [0.2, 0.25) is 0 Å². The van der Waals surface area contributed by atoms with Gasteiger partial charge in [0, 0.05) is 0 Å². The van der Waals surface area contributed by atoms with Gasteiger partial charge in [-0.25, -0.2) is 0 Å². The van der Waals surface area contributed by atoms with Gasteiger partial charge in [0.1, 0.15) is 0 Å². The van der Waals surface area contributed by atoms with Crippen LogP contribution >= 0.6 is 7.60 Å². The molecule has 0 aliphatic rings. The van der Waals surface area contributed by atoms with Crippen LogP contribution in [-0.4, -0.2) is 45.3 Å². The number of halogens is 13. The van der Waals surface area contributed by atoms with Gasteiger partial charge < -0.3 is 9.79 Å². The Labute approximate surface area is 116 Å². The zero-order valence-electron chi connectivity index (χ0n) is 9.66. The maximum Gasteiger partial charge on any atom is 0.460 e. The third-order valence-corrected chi connectivity index (χ3v) is 3.30. The van der Waals surface area contributed by atoms with Crippen molar-refractivity contribution in [2.75, 3.05) is 0 Å². The fourth-order valence-electron chi connectivity index (χ4n) is 0.944. The van der Waals surface area contributed by atoms with Crippen LogP contribution in [0.2, 0.25) is 0 Å². The predicted molar refractivity (Wildman–Crippen MR) is 42.8 cm³/mol. The first kappa shape index (κ1) is 22.2. The number of hydrogen-bond donors (Lipinski definition) is 2. The van der Waals surface area contributed by atoms with Gasteiger partial charge in [0.15, 0.2) is 0 Å². The SMILES string of the molecule is O=P(O)(O)C(F)(F)C(F)(F)C(F)(F)C(F)(F)C(F)(F)C(F)(F)F. The molecule has 0 bridgehead atoms. The van der Waals surface area contributed by atoms with Crippen molar-refractivity contribution in [3.63, 3.8) is 0 Å². The van der Waals surface area contributed by atoms with Crippen LogP contribution < -0.4 is 0 Å². The molecule has 0 rings (SSSR count). The van der Waals surface area contributed by atoms with Gasteiger partial charge in [-0.2, -0.15) is 57.1 Å². The monoisotopic (exact) mass is 400 g/mol. The molecule has 0 aliphatic carbocycles. The van der Waals surface area contributed by atoms with E-state index in [9.17, 15) is 61.6 Å². The highest BCUT2D eigenvalue weighted by atomic mass is 31.2. The standard InChI is InChI=1S/C6H2F13O3P/c7-1(8,3(11,12)5(15,16)17)2(9,10)4(13,14)6(18,19)23(20,21)22/h(H2,20,21,22). The molecule has 0 unspecified atom stereocenters. The fraction of sp³-hybridized carbons (Fsp3) is 1.00. The Morgan fingerprint density at radius 2 is 0.783 bits per heavy atom. The van der Waals surface area contributed by atoms with Crippen LogP contribution in [0, 0.1) is 0 Å². The summed E-state index contributed by atoms with van der Waals surface area (Å²) in [6, 6.07) is 0. The molecule has 0 fully saturated rings. The fourth-order valence-corrected chi connectivity index (χ4v) is 1.45. The van der Waals surface area contributed by atoms with E-state index in [1.165, 1.54) is 0 Å². The molecular formula is C6H2F13O3P. The Morgan fingerprint density at radius 3 is 1.00 bits per heavy atom. The quantitative estimate of drug-likeness (QED) is 0.545. The summed E-state index contributed by atoms with van der Waals surface area (Å²) < 4.78 is 171. The van der Waals surface area contributed by atoms with E-state index in [0.29, 0.717) is 0 Å². The van der Waals surface area contributed by atoms with Crippen molar-refractivity contribution in [2.45, 2.75) is 35.5 Å². The molecule has 0 heterocycles. The Bertz CT molecular complexity index is 502. The third kappa shape index (κ3) is 2.77. The van der Waals surface area contributed by atoms with Crippen molar-refractivity contribution >= 4 is 7.60 Å². The van der Waals surface area contributed by atoms with Crippen molar-refractivity contribution in [2.24, 2.45) is 0 Å². The topological polar surface area (TPSA) is 57.5 Å². The molecule has 0 spiro atoms. The van der Waals surface area contributed by atoms with Gasteiger partial charge in [0.05, 0.1) is 0 Å². The molecule has 3 nitrogen and oxygen atoms in total. The first-order chi connectivity index (χ1) is 9.50. The smallest absolute Gasteiger partial charge is 0.320 e. The van der Waals surface area contributed by atoms with Crippen molar-refractivity contribution < 1.29 is 71.4 Å². The van der Waals surface area contributed by atoms with E-state index in [1.807, 2.05) is 0 Å². The van der Waals surface area contributed by atoms with Gasteiger partial charge in [-0.1, -0.05) is 0 Å². The minimum atomic E-state index is -8.20. The molecule has 23 heavy (non-hydrogen) atoms. The number of alkyl halides is 13. The molecule has 17 heteroatoms. The second kappa shape index (κ2) is 5.12. The lowest BCUT2D eigenvalue weighted by molar-refractivity contribution is -0.434. The summed E-state index contributed by atoms with van der Waals surface area (Å²) in [6.07, 6.45) is -7.58. The normalized spacial score (nSPS) is 16.7. The Kier molecular flexibility index (Phi) is 4.95. The Hall–Kier alpha value is -0.760. The van der Waals surface area contributed by atoms with E-state index in [2.05, 4.69) is 0 Å². The minimum absolute atomic E-state index is 7.38. The lowest BCUT2D eigenvalue weighted by atomic mass is 9.98. The summed E-state index contributed by atoms with van der Waals surface area (Å²) >= 11 is 0. The molecule has 2 N–H and O–H groups in total. The van der Waals surface area contributed by atoms with Gasteiger partial charge in [-0.3, -0.25) is 4.57 Å². The number of rotatable bonds is 5. The minimum Gasteiger partial charge on any atom is -0.320 e. The van der Waals surface area contributed by atoms with E-state index in [4.69, 9.17) is 9.79 Å². The summed E-state index contributed by atoms with van der Waals surface area (Å²) in [5.41, 5.74) is -7.38. The highest BCUT2D eigenvalue weighted by Crippen LogP contribution is 2.67. The summed E-state index contributed by atoms with van der Waals surface area (Å²) in [4.78, 5) is 15.5. The molecule has 0 amide bonds. The lowest BCUT2D eigenvalue weighted by Gasteiger charge is -2.39. The molecule has 0 aromatic carbocycles. The van der Waals surface area contributed by atoms with E-state index < -0.39 is 43.1 Å². The highest BCUT2D eigenvalue weighted by Gasteiger charge is 2.92. The summed E-state index contributed by atoms with van der Waals surface area (Å²) in [5.74, 6) is -32.3. The predicted octanol–water partition coefficient (Wildman–Crippen LogP) is 3.86.